The summed E-state index contributed by atoms with van der Waals surface area (Å²) in [5.74, 6) is 0. The summed E-state index contributed by atoms with van der Waals surface area (Å²) in [7, 11) is 0. The number of rotatable bonds is 15. The molecule has 0 aliphatic carbocycles. The first-order chi connectivity index (χ1) is 25.3. The summed E-state index contributed by atoms with van der Waals surface area (Å²) in [6.07, 6.45) is 1.17. The molecule has 6 aromatic rings. The second-order valence-electron chi connectivity index (χ2n) is 13.0. The summed E-state index contributed by atoms with van der Waals surface area (Å²) in [6.45, 7) is -8.10. The van der Waals surface area contributed by atoms with Gasteiger partial charge in [-0.2, -0.15) is 0 Å². The summed E-state index contributed by atoms with van der Waals surface area (Å²) in [6, 6.07) is 58.8. The van der Waals surface area contributed by atoms with E-state index in [0.717, 1.165) is 44.7 Å². The molecule has 266 valence electrons. The standard InChI is InChI=1S/C44H44O6P2/c45-43(46)49-51(37-23-9-3-10-24-37,38-25-11-4-12-26-38,39-27-13-5-14-28-39)35-21-1-2-22-36-52(50-44(47)48,40-29-15-6-16-30-40,41-31-17-7-18-32-41)42-33-19-8-20-34-42/h3-20,23-34H,1-2,21-22,35-36H2,(H,45,46)(H,47,48). The molecule has 6 nitrogen and oxygen atoms in total. The van der Waals surface area contributed by atoms with Gasteiger partial charge in [0.15, 0.2) is 0 Å². The molecule has 0 amide bonds. The Kier molecular flexibility index (Phi) is 10.9. The van der Waals surface area contributed by atoms with Gasteiger partial charge in [-0.05, 0) is 0 Å². The molecule has 0 saturated heterocycles. The molecule has 0 spiro atoms. The first-order valence-electron chi connectivity index (χ1n) is 17.6. The molecule has 0 aromatic heterocycles. The van der Waals surface area contributed by atoms with Gasteiger partial charge in [0.05, 0.1) is 0 Å². The Hall–Kier alpha value is -5.28. The van der Waals surface area contributed by atoms with Crippen molar-refractivity contribution in [3.8, 4) is 0 Å². The normalized spacial score (nSPS) is 13.1. The molecule has 52 heavy (non-hydrogen) atoms. The van der Waals surface area contributed by atoms with Crippen molar-refractivity contribution in [2.24, 2.45) is 0 Å². The second kappa shape index (κ2) is 15.5. The van der Waals surface area contributed by atoms with Crippen molar-refractivity contribution >= 4 is 57.8 Å². The Morgan fingerprint density at radius 1 is 0.346 bits per heavy atom. The Bertz CT molecular complexity index is 1710. The number of hydrogen-bond acceptors (Lipinski definition) is 4. The zero-order valence-electron chi connectivity index (χ0n) is 29.0. The molecule has 0 aliphatic heterocycles. The van der Waals surface area contributed by atoms with Gasteiger partial charge in [-0.25, -0.2) is 0 Å². The predicted molar refractivity (Wildman–Crippen MR) is 217 cm³/mol. The minimum atomic E-state index is -4.05. The Labute approximate surface area is 305 Å². The van der Waals surface area contributed by atoms with Crippen LogP contribution in [0.15, 0.2) is 182 Å². The molecular formula is C44H44O6P2. The molecule has 0 bridgehead atoms. The van der Waals surface area contributed by atoms with Crippen molar-refractivity contribution in [1.29, 1.82) is 0 Å². The van der Waals surface area contributed by atoms with Crippen LogP contribution in [0.1, 0.15) is 25.7 Å². The fraction of sp³-hybridized carbons (Fsp3) is 0.136. The molecular weight excluding hydrogens is 686 g/mol. The topological polar surface area (TPSA) is 93.1 Å². The number of hydrogen-bond donors (Lipinski definition) is 2. The van der Waals surface area contributed by atoms with E-state index < -0.39 is 26.0 Å². The van der Waals surface area contributed by atoms with Crippen LogP contribution in [0.25, 0.3) is 0 Å². The Balaban J connectivity index is 1.40. The van der Waals surface area contributed by atoms with Crippen LogP contribution in [0.5, 0.6) is 0 Å². The van der Waals surface area contributed by atoms with Gasteiger partial charge in [0.25, 0.3) is 0 Å². The van der Waals surface area contributed by atoms with Crippen LogP contribution in [0.3, 0.4) is 0 Å². The zero-order chi connectivity index (χ0) is 36.4. The van der Waals surface area contributed by atoms with Crippen molar-refractivity contribution < 1.29 is 28.8 Å². The van der Waals surface area contributed by atoms with Gasteiger partial charge in [0.1, 0.15) is 0 Å². The third kappa shape index (κ3) is 6.38. The van der Waals surface area contributed by atoms with Gasteiger partial charge < -0.3 is 0 Å². The summed E-state index contributed by atoms with van der Waals surface area (Å²) < 4.78 is 12.9. The van der Waals surface area contributed by atoms with Crippen LogP contribution in [0.2, 0.25) is 0 Å². The fourth-order valence-electron chi connectivity index (χ4n) is 8.06. The van der Waals surface area contributed by atoms with E-state index in [1.807, 2.05) is 182 Å². The van der Waals surface area contributed by atoms with Crippen LogP contribution in [0.4, 0.5) is 9.59 Å². The average molecular weight is 731 g/mol. The average Bonchev–Trinajstić information content (AvgIpc) is 3.20. The third-order valence-corrected chi connectivity index (χ3v) is 22.1. The molecule has 0 radical (unpaired) electrons. The maximum absolute atomic E-state index is 12.9. The van der Waals surface area contributed by atoms with E-state index in [1.165, 1.54) is 0 Å². The van der Waals surface area contributed by atoms with E-state index in [9.17, 15) is 19.8 Å². The first kappa shape index (κ1) is 36.5. The number of carbonyl (C=O) groups is 2. The molecule has 0 unspecified atom stereocenters. The minimum absolute atomic E-state index is 0.473. The molecule has 6 aromatic carbocycles. The van der Waals surface area contributed by atoms with Gasteiger partial charge in [-0.3, -0.25) is 0 Å². The molecule has 8 heteroatoms. The molecule has 6 rings (SSSR count). The van der Waals surface area contributed by atoms with Gasteiger partial charge >= 0.3 is 307 Å². The monoisotopic (exact) mass is 730 g/mol. The van der Waals surface area contributed by atoms with Gasteiger partial charge in [0.2, 0.25) is 0 Å². The van der Waals surface area contributed by atoms with Crippen molar-refractivity contribution in [1.82, 2.24) is 0 Å². The van der Waals surface area contributed by atoms with E-state index >= 15 is 0 Å². The number of benzene rings is 6. The van der Waals surface area contributed by atoms with Crippen molar-refractivity contribution in [3.63, 3.8) is 0 Å². The van der Waals surface area contributed by atoms with Gasteiger partial charge in [0, 0.05) is 0 Å². The zero-order valence-corrected chi connectivity index (χ0v) is 30.8. The Morgan fingerprint density at radius 2 is 0.538 bits per heavy atom. The van der Waals surface area contributed by atoms with E-state index in [-0.39, 0.29) is 0 Å². The predicted octanol–water partition coefficient (Wildman–Crippen LogP) is 8.83. The quantitative estimate of drug-likeness (QED) is 0.0811. The second-order valence-corrected chi connectivity index (χ2v) is 22.2. The van der Waals surface area contributed by atoms with Crippen LogP contribution in [0, 0.1) is 0 Å². The molecule has 0 fully saturated rings. The molecule has 0 aliphatic rings. The summed E-state index contributed by atoms with van der Waals surface area (Å²) in [5, 5.41) is 26.1. The van der Waals surface area contributed by atoms with Crippen molar-refractivity contribution in [3.05, 3.63) is 182 Å². The van der Waals surface area contributed by atoms with E-state index in [1.54, 1.807) is 0 Å². The summed E-state index contributed by atoms with van der Waals surface area (Å²) in [5.41, 5.74) is 0. The first-order valence-corrected chi connectivity index (χ1v) is 22.2. The SMILES string of the molecule is O=C(O)OP(CCCCCCP(OC(=O)O)(c1ccccc1)(c1ccccc1)c1ccccc1)(c1ccccc1)(c1ccccc1)c1ccccc1. The maximum atomic E-state index is 12.9. The molecule has 2 N–H and O–H groups in total. The number of carboxylic acid groups (broad SMARTS) is 2. The van der Waals surface area contributed by atoms with Crippen LogP contribution in [-0.4, -0.2) is 34.8 Å². The van der Waals surface area contributed by atoms with E-state index in [0.29, 0.717) is 25.2 Å². The fourth-order valence-corrected chi connectivity index (χ4v) is 19.4. The van der Waals surface area contributed by atoms with Crippen LogP contribution >= 0.6 is 13.7 Å². The number of unbranched alkanes of at least 4 members (excludes halogenated alkanes) is 3. The molecule has 0 heterocycles. The van der Waals surface area contributed by atoms with Gasteiger partial charge in [-0.15, -0.1) is 0 Å². The van der Waals surface area contributed by atoms with Gasteiger partial charge in [-0.1, -0.05) is 0 Å². The van der Waals surface area contributed by atoms with E-state index in [2.05, 4.69) is 0 Å². The van der Waals surface area contributed by atoms with Crippen molar-refractivity contribution in [2.75, 3.05) is 12.3 Å². The molecule has 0 atom stereocenters. The van der Waals surface area contributed by atoms with Crippen LogP contribution in [-0.2, 0) is 9.05 Å². The Morgan fingerprint density at radius 3 is 0.712 bits per heavy atom. The third-order valence-electron chi connectivity index (χ3n) is 10.3. The summed E-state index contributed by atoms with van der Waals surface area (Å²) in [4.78, 5) is 25.7. The van der Waals surface area contributed by atoms with E-state index in [4.69, 9.17) is 9.05 Å². The van der Waals surface area contributed by atoms with Crippen LogP contribution < -0.4 is 31.8 Å². The summed E-state index contributed by atoms with van der Waals surface area (Å²) >= 11 is 0. The molecule has 0 saturated carbocycles. The van der Waals surface area contributed by atoms with Crippen molar-refractivity contribution in [2.45, 2.75) is 25.7 Å².